The number of nitrogens with zero attached hydrogens (tertiary/aromatic N) is 2. The average molecular weight is 928 g/mol. The molecule has 3 fully saturated rings. The van der Waals surface area contributed by atoms with Crippen LogP contribution in [0.15, 0.2) is 117 Å². The van der Waals surface area contributed by atoms with Crippen molar-refractivity contribution in [2.75, 3.05) is 27.4 Å². The molecule has 0 aliphatic carbocycles. The molecule has 21 nitrogen and oxygen atoms in total. The Morgan fingerprint density at radius 3 is 1.97 bits per heavy atom. The van der Waals surface area contributed by atoms with E-state index in [1.54, 1.807) is 52.3 Å². The van der Waals surface area contributed by atoms with Crippen molar-refractivity contribution in [3.63, 3.8) is 0 Å². The molecule has 67 heavy (non-hydrogen) atoms. The molecule has 3 saturated heterocycles. The number of benzene rings is 3. The lowest BCUT2D eigenvalue weighted by atomic mass is 9.80. The predicted molar refractivity (Wildman–Crippen MR) is 232 cm³/mol. The molecule has 3 aliphatic heterocycles. The maximum absolute atomic E-state index is 13.6. The fourth-order valence-electron chi connectivity index (χ4n) is 8.51. The molecule has 0 bridgehead atoms. The molecule has 2 aromatic heterocycles. The Morgan fingerprint density at radius 2 is 1.36 bits per heavy atom. The second-order valence-electron chi connectivity index (χ2n) is 16.4. The minimum absolute atomic E-state index is 0.115. The van der Waals surface area contributed by atoms with Gasteiger partial charge in [-0.25, -0.2) is 14.4 Å². The first-order chi connectivity index (χ1) is 32.1. The van der Waals surface area contributed by atoms with Crippen LogP contribution in [0.4, 0.5) is 4.79 Å². The molecule has 5 aromatic rings. The zero-order valence-electron chi connectivity index (χ0n) is 36.9. The zero-order chi connectivity index (χ0) is 47.6. The van der Waals surface area contributed by atoms with Crippen LogP contribution in [0, 0.1) is 0 Å². The van der Waals surface area contributed by atoms with E-state index in [4.69, 9.17) is 42.6 Å². The number of H-pyrrole nitrogens is 2. The quantitative estimate of drug-likeness (QED) is 0.0864. The van der Waals surface area contributed by atoms with Gasteiger partial charge in [0.05, 0.1) is 32.9 Å². The zero-order valence-corrected chi connectivity index (χ0v) is 36.9. The van der Waals surface area contributed by atoms with Crippen molar-refractivity contribution in [2.45, 2.75) is 87.8 Å². The number of aromatic amines is 2. The number of carbonyl (C=O) groups excluding carboxylic acids is 2. The minimum atomic E-state index is -1.65. The molecular weight excluding hydrogens is 879 g/mol. The molecule has 8 atom stereocenters. The molecule has 8 rings (SSSR count). The number of hydrogen-bond acceptors (Lipinski definition) is 16. The van der Waals surface area contributed by atoms with Crippen LogP contribution in [0.5, 0.6) is 11.5 Å². The smallest absolute Gasteiger partial charge is 0.407 e. The Balaban J connectivity index is 1.06. The SMILES string of the molecule is COc1ccc(C(OC[C@H]2O[C@@H](n3ccc(=O)[nH]c3=O)[C@H](OC(=O)NCc3cn([C@@H]4O[C@H](COC(C)=O)[C@H]5OC(C)(C)O[C@H]54)c(=O)[nH]c3=O)[C@@H]2O)(c2ccccc2)c2ccc(OC)cc2)cc1. The van der Waals surface area contributed by atoms with E-state index < -0.39 is 102 Å². The van der Waals surface area contributed by atoms with E-state index in [9.17, 15) is 33.9 Å². The number of methoxy groups -OCH3 is 2. The second kappa shape index (κ2) is 19.1. The highest BCUT2D eigenvalue weighted by molar-refractivity contribution is 5.67. The fraction of sp³-hybridized carbons (Fsp3) is 0.391. The monoisotopic (exact) mass is 927 g/mol. The minimum Gasteiger partial charge on any atom is -0.497 e. The molecule has 1 amide bonds. The van der Waals surface area contributed by atoms with Gasteiger partial charge in [-0.2, -0.15) is 0 Å². The third kappa shape index (κ3) is 9.55. The van der Waals surface area contributed by atoms with Crippen molar-refractivity contribution in [1.29, 1.82) is 0 Å². The molecular formula is C46H49N5O16. The van der Waals surface area contributed by atoms with Gasteiger partial charge in [-0.3, -0.25) is 33.5 Å². The second-order valence-corrected chi connectivity index (χ2v) is 16.4. The van der Waals surface area contributed by atoms with E-state index in [-0.39, 0.29) is 18.8 Å². The van der Waals surface area contributed by atoms with Crippen LogP contribution in [0.3, 0.4) is 0 Å². The van der Waals surface area contributed by atoms with Gasteiger partial charge in [0.2, 0.25) is 0 Å². The van der Waals surface area contributed by atoms with E-state index in [0.717, 1.165) is 21.4 Å². The third-order valence-electron chi connectivity index (χ3n) is 11.6. The number of hydrogen-bond donors (Lipinski definition) is 4. The molecule has 0 spiro atoms. The van der Waals surface area contributed by atoms with Gasteiger partial charge in [0.15, 0.2) is 24.3 Å². The summed E-state index contributed by atoms with van der Waals surface area (Å²) < 4.78 is 55.2. The first-order valence-electron chi connectivity index (χ1n) is 21.2. The summed E-state index contributed by atoms with van der Waals surface area (Å²) in [4.78, 5) is 81.1. The Morgan fingerprint density at radius 1 is 0.761 bits per heavy atom. The summed E-state index contributed by atoms with van der Waals surface area (Å²) in [7, 11) is 3.10. The lowest BCUT2D eigenvalue weighted by Gasteiger charge is -2.37. The topological polar surface area (TPSA) is 259 Å². The van der Waals surface area contributed by atoms with Gasteiger partial charge in [-0.1, -0.05) is 54.6 Å². The van der Waals surface area contributed by atoms with Crippen LogP contribution >= 0.6 is 0 Å². The summed E-state index contributed by atoms with van der Waals surface area (Å²) in [5, 5.41) is 14.4. The maximum atomic E-state index is 13.6. The summed E-state index contributed by atoms with van der Waals surface area (Å²) in [5.74, 6) is -0.445. The first-order valence-corrected chi connectivity index (χ1v) is 21.2. The van der Waals surface area contributed by atoms with Gasteiger partial charge in [-0.15, -0.1) is 0 Å². The molecule has 3 aromatic carbocycles. The van der Waals surface area contributed by atoms with E-state index in [0.29, 0.717) is 28.2 Å². The Bertz CT molecular complexity index is 2760. The van der Waals surface area contributed by atoms with E-state index >= 15 is 0 Å². The van der Waals surface area contributed by atoms with Crippen molar-refractivity contribution >= 4 is 12.1 Å². The lowest BCUT2D eigenvalue weighted by Crippen LogP contribution is -2.43. The van der Waals surface area contributed by atoms with Gasteiger partial charge in [0.25, 0.3) is 11.1 Å². The van der Waals surface area contributed by atoms with Crippen LogP contribution in [0.25, 0.3) is 0 Å². The number of nitrogens with one attached hydrogen (secondary N) is 3. The summed E-state index contributed by atoms with van der Waals surface area (Å²) in [6.07, 6.45) is -8.42. The highest BCUT2D eigenvalue weighted by atomic mass is 16.8. The molecule has 0 radical (unpaired) electrons. The van der Waals surface area contributed by atoms with Crippen LogP contribution in [0.2, 0.25) is 0 Å². The number of alkyl carbamates (subject to hydrolysis) is 1. The Labute approximate surface area is 381 Å². The molecule has 354 valence electrons. The van der Waals surface area contributed by atoms with Gasteiger partial charge >= 0.3 is 23.4 Å². The van der Waals surface area contributed by atoms with Gasteiger partial charge in [-0.05, 0) is 54.8 Å². The summed E-state index contributed by atoms with van der Waals surface area (Å²) in [6.45, 7) is 3.53. The van der Waals surface area contributed by atoms with Gasteiger partial charge in [0.1, 0.15) is 54.2 Å². The normalized spacial score (nSPS) is 24.1. The van der Waals surface area contributed by atoms with Crippen molar-refractivity contribution in [3.05, 3.63) is 161 Å². The number of amides is 1. The number of aromatic nitrogens is 4. The number of rotatable bonds is 15. The molecule has 3 aliphatic rings. The molecule has 0 saturated carbocycles. The number of carbonyl (C=O) groups is 2. The Kier molecular flexibility index (Phi) is 13.3. The van der Waals surface area contributed by atoms with Crippen molar-refractivity contribution in [1.82, 2.24) is 24.4 Å². The summed E-state index contributed by atoms with van der Waals surface area (Å²) in [6, 6.07) is 24.9. The molecule has 0 unspecified atom stereocenters. The first kappa shape index (κ1) is 46.6. The molecule has 5 heterocycles. The molecule has 4 N–H and O–H groups in total. The van der Waals surface area contributed by atoms with Crippen LogP contribution in [-0.2, 0) is 50.1 Å². The lowest BCUT2D eigenvalue weighted by molar-refractivity contribution is -0.202. The standard InChI is InChI=1S/C46H49N5O16/c1-25(52)61-23-33-36-38(67-45(2,3)66-36)41(64-33)51-22-26(39(55)49-43(51)57)21-47-44(58)65-37-35(54)32(63-40(37)50-20-19-34(53)48-42(50)56)24-62-46(27-9-7-6-8-10-27,28-11-15-30(59-4)16-12-28)29-13-17-31(60-5)18-14-29/h6-20,22,32-33,35-38,40-41,54H,21,23-24H2,1-5H3,(H,47,58)(H,48,53,56)(H,49,55,57)/t32-,33-,35-,36-,37-,38-,40-,41-/m1/s1. The van der Waals surface area contributed by atoms with Gasteiger partial charge < -0.3 is 53.1 Å². The number of aliphatic hydroxyl groups excluding tert-OH is 1. The molecule has 21 heteroatoms. The van der Waals surface area contributed by atoms with Crippen molar-refractivity contribution in [2.24, 2.45) is 0 Å². The third-order valence-corrected chi connectivity index (χ3v) is 11.6. The highest BCUT2D eigenvalue weighted by Gasteiger charge is 2.56. The number of esters is 1. The van der Waals surface area contributed by atoms with E-state index in [1.807, 2.05) is 54.6 Å². The van der Waals surface area contributed by atoms with Crippen LogP contribution in [-0.4, -0.2) is 106 Å². The van der Waals surface area contributed by atoms with Crippen molar-refractivity contribution < 1.29 is 57.3 Å². The van der Waals surface area contributed by atoms with E-state index in [2.05, 4.69) is 15.3 Å². The maximum Gasteiger partial charge on any atom is 0.407 e. The van der Waals surface area contributed by atoms with E-state index in [1.165, 1.54) is 13.1 Å². The predicted octanol–water partition coefficient (Wildman–Crippen LogP) is 1.95. The fourth-order valence-corrected chi connectivity index (χ4v) is 8.51. The van der Waals surface area contributed by atoms with Crippen molar-refractivity contribution in [3.8, 4) is 11.5 Å². The largest absolute Gasteiger partial charge is 0.497 e. The average Bonchev–Trinajstić information content (AvgIpc) is 3.92. The van der Waals surface area contributed by atoms with Gasteiger partial charge in [0, 0.05) is 25.4 Å². The summed E-state index contributed by atoms with van der Waals surface area (Å²) >= 11 is 0. The number of ether oxygens (including phenoxy) is 9. The van der Waals surface area contributed by atoms with Crippen LogP contribution < -0.4 is 37.3 Å². The Hall–Kier alpha value is -6.88. The number of aliphatic hydroxyl groups is 1. The number of fused-ring (bicyclic) bond motifs is 1. The highest BCUT2D eigenvalue weighted by Crippen LogP contribution is 2.44. The van der Waals surface area contributed by atoms with Crippen LogP contribution in [0.1, 0.15) is 55.5 Å². The summed E-state index contributed by atoms with van der Waals surface area (Å²) in [5.41, 5.74) is -2.74.